The predicted octanol–water partition coefficient (Wildman–Crippen LogP) is 1.39. The van der Waals surface area contributed by atoms with Gasteiger partial charge >= 0.3 is 5.97 Å². The molecule has 0 aliphatic heterocycles. The Bertz CT molecular complexity index is 379. The summed E-state index contributed by atoms with van der Waals surface area (Å²) < 4.78 is 0.882. The van der Waals surface area contributed by atoms with Crippen LogP contribution in [0.15, 0.2) is 12.1 Å². The van der Waals surface area contributed by atoms with Crippen LogP contribution < -0.4 is 5.73 Å². The fourth-order valence-electron chi connectivity index (χ4n) is 1.06. The highest BCUT2D eigenvalue weighted by molar-refractivity contribution is 14.1. The highest BCUT2D eigenvalue weighted by Crippen LogP contribution is 2.27. The summed E-state index contributed by atoms with van der Waals surface area (Å²) in [7, 11) is 0. The van der Waals surface area contributed by atoms with E-state index in [-0.39, 0.29) is 11.3 Å². The number of aliphatic carboxylic acids is 1. The third kappa shape index (κ3) is 2.16. The molecule has 0 radical (unpaired) electrons. The molecule has 0 aromatic heterocycles. The topological polar surface area (TPSA) is 83.5 Å². The SMILES string of the molecule is Cc1cc(O)c([C@@H](N)C(=O)O)cc1I. The summed E-state index contributed by atoms with van der Waals surface area (Å²) in [6, 6.07) is 1.92. The Balaban J connectivity index is 3.22. The van der Waals surface area contributed by atoms with Crippen molar-refractivity contribution in [1.82, 2.24) is 0 Å². The first-order valence-corrected chi connectivity index (χ1v) is 4.98. The molecular formula is C9H10INO3. The van der Waals surface area contributed by atoms with Crippen LogP contribution in [0.3, 0.4) is 0 Å². The Kier molecular flexibility index (Phi) is 3.33. The molecule has 1 aromatic carbocycles. The summed E-state index contributed by atoms with van der Waals surface area (Å²) in [5.74, 6) is -1.22. The quantitative estimate of drug-likeness (QED) is 0.721. The van der Waals surface area contributed by atoms with Crippen molar-refractivity contribution in [1.29, 1.82) is 0 Å². The van der Waals surface area contributed by atoms with E-state index >= 15 is 0 Å². The van der Waals surface area contributed by atoms with E-state index in [4.69, 9.17) is 10.8 Å². The van der Waals surface area contributed by atoms with Crippen molar-refractivity contribution < 1.29 is 15.0 Å². The third-order valence-electron chi connectivity index (χ3n) is 1.91. The van der Waals surface area contributed by atoms with E-state index in [1.807, 2.05) is 6.92 Å². The molecule has 0 aliphatic carbocycles. The number of hydrogen-bond acceptors (Lipinski definition) is 3. The minimum absolute atomic E-state index is 0.0715. The van der Waals surface area contributed by atoms with Gasteiger partial charge in [0.1, 0.15) is 11.8 Å². The lowest BCUT2D eigenvalue weighted by Crippen LogP contribution is -2.20. The summed E-state index contributed by atoms with van der Waals surface area (Å²) in [5, 5.41) is 18.2. The minimum atomic E-state index is -1.18. The van der Waals surface area contributed by atoms with E-state index in [1.165, 1.54) is 6.07 Å². The number of phenolic OH excluding ortho intramolecular Hbond substituents is 1. The Morgan fingerprint density at radius 3 is 2.64 bits per heavy atom. The zero-order valence-corrected chi connectivity index (χ0v) is 9.65. The average molecular weight is 307 g/mol. The second-order valence-electron chi connectivity index (χ2n) is 2.98. The summed E-state index contributed by atoms with van der Waals surface area (Å²) in [6.45, 7) is 1.83. The van der Waals surface area contributed by atoms with E-state index in [0.29, 0.717) is 0 Å². The Hall–Kier alpha value is -0.820. The number of aromatic hydroxyl groups is 1. The second-order valence-corrected chi connectivity index (χ2v) is 4.14. The van der Waals surface area contributed by atoms with E-state index < -0.39 is 12.0 Å². The summed E-state index contributed by atoms with van der Waals surface area (Å²) >= 11 is 2.06. The van der Waals surface area contributed by atoms with Gasteiger partial charge in [-0.1, -0.05) is 0 Å². The summed E-state index contributed by atoms with van der Waals surface area (Å²) in [5.41, 5.74) is 6.53. The van der Waals surface area contributed by atoms with Crippen molar-refractivity contribution in [3.63, 3.8) is 0 Å². The molecule has 0 aliphatic rings. The van der Waals surface area contributed by atoms with Crippen LogP contribution in [-0.4, -0.2) is 16.2 Å². The number of hydrogen-bond donors (Lipinski definition) is 3. The van der Waals surface area contributed by atoms with Crippen molar-refractivity contribution >= 4 is 28.6 Å². The van der Waals surface area contributed by atoms with Crippen LogP contribution in [0.4, 0.5) is 0 Å². The van der Waals surface area contributed by atoms with Gasteiger partial charge in [0.15, 0.2) is 0 Å². The first kappa shape index (κ1) is 11.3. The zero-order chi connectivity index (χ0) is 10.9. The number of rotatable bonds is 2. The number of benzene rings is 1. The Morgan fingerprint density at radius 2 is 2.14 bits per heavy atom. The minimum Gasteiger partial charge on any atom is -0.508 e. The van der Waals surface area contributed by atoms with Crippen LogP contribution in [0, 0.1) is 10.5 Å². The van der Waals surface area contributed by atoms with E-state index in [9.17, 15) is 9.90 Å². The summed E-state index contributed by atoms with van der Waals surface area (Å²) in [6.07, 6.45) is 0. The maximum absolute atomic E-state index is 10.6. The highest BCUT2D eigenvalue weighted by atomic mass is 127. The van der Waals surface area contributed by atoms with Gasteiger partial charge in [-0.25, -0.2) is 0 Å². The molecule has 0 spiro atoms. The van der Waals surface area contributed by atoms with E-state index in [2.05, 4.69) is 22.6 Å². The van der Waals surface area contributed by atoms with E-state index in [0.717, 1.165) is 9.13 Å². The number of carboxylic acid groups (broad SMARTS) is 1. The number of halogens is 1. The molecule has 14 heavy (non-hydrogen) atoms. The first-order chi connectivity index (χ1) is 6.43. The monoisotopic (exact) mass is 307 g/mol. The second kappa shape index (κ2) is 4.14. The van der Waals surface area contributed by atoms with Crippen molar-refractivity contribution in [3.8, 4) is 5.75 Å². The van der Waals surface area contributed by atoms with Gasteiger partial charge in [0, 0.05) is 9.13 Å². The maximum Gasteiger partial charge on any atom is 0.325 e. The maximum atomic E-state index is 10.6. The standard InChI is InChI=1S/C9H10INO3/c1-4-2-7(12)5(3-6(4)10)8(11)9(13)14/h2-3,8,12H,11H2,1H3,(H,13,14)/t8-/m1/s1. The zero-order valence-electron chi connectivity index (χ0n) is 7.49. The lowest BCUT2D eigenvalue weighted by molar-refractivity contribution is -0.138. The van der Waals surface area contributed by atoms with Crippen molar-refractivity contribution in [3.05, 3.63) is 26.8 Å². The number of carboxylic acids is 1. The molecule has 0 bridgehead atoms. The highest BCUT2D eigenvalue weighted by Gasteiger charge is 2.18. The molecule has 1 aromatic rings. The number of nitrogens with two attached hydrogens (primary N) is 1. The van der Waals surface area contributed by atoms with Gasteiger partial charge in [0.2, 0.25) is 0 Å². The average Bonchev–Trinajstić information content (AvgIpc) is 2.10. The van der Waals surface area contributed by atoms with Gasteiger partial charge in [-0.05, 0) is 47.2 Å². The van der Waals surface area contributed by atoms with Gasteiger partial charge in [-0.15, -0.1) is 0 Å². The fraction of sp³-hybridized carbons (Fsp3) is 0.222. The van der Waals surface area contributed by atoms with Crippen LogP contribution in [-0.2, 0) is 4.79 Å². The Labute approximate surface area is 94.9 Å². The van der Waals surface area contributed by atoms with Crippen molar-refractivity contribution in [2.45, 2.75) is 13.0 Å². The molecule has 1 rings (SSSR count). The number of phenols is 1. The molecule has 4 nitrogen and oxygen atoms in total. The number of carbonyl (C=O) groups is 1. The van der Waals surface area contributed by atoms with Gasteiger partial charge in [-0.2, -0.15) is 0 Å². The van der Waals surface area contributed by atoms with Crippen LogP contribution in [0.2, 0.25) is 0 Å². The fourth-order valence-corrected chi connectivity index (χ4v) is 1.55. The molecule has 5 heteroatoms. The molecule has 0 saturated carbocycles. The van der Waals surface area contributed by atoms with Gasteiger partial charge < -0.3 is 15.9 Å². The molecule has 76 valence electrons. The first-order valence-electron chi connectivity index (χ1n) is 3.91. The molecule has 1 atom stereocenters. The van der Waals surface area contributed by atoms with Crippen molar-refractivity contribution in [2.75, 3.05) is 0 Å². The molecule has 4 N–H and O–H groups in total. The van der Waals surface area contributed by atoms with E-state index in [1.54, 1.807) is 6.07 Å². The molecule has 0 fully saturated rings. The van der Waals surface area contributed by atoms with Crippen molar-refractivity contribution in [2.24, 2.45) is 5.73 Å². The predicted molar refractivity (Wildman–Crippen MR) is 60.1 cm³/mol. The van der Waals surface area contributed by atoms with Gasteiger partial charge in [0.05, 0.1) is 0 Å². The largest absolute Gasteiger partial charge is 0.508 e. The molecule has 0 amide bonds. The van der Waals surface area contributed by atoms with Crippen LogP contribution in [0.5, 0.6) is 5.75 Å². The molecule has 0 unspecified atom stereocenters. The molecular weight excluding hydrogens is 297 g/mol. The molecule has 0 heterocycles. The van der Waals surface area contributed by atoms with Crippen LogP contribution >= 0.6 is 22.6 Å². The number of aryl methyl sites for hydroxylation is 1. The third-order valence-corrected chi connectivity index (χ3v) is 3.07. The lowest BCUT2D eigenvalue weighted by atomic mass is 10.0. The van der Waals surface area contributed by atoms with Crippen LogP contribution in [0.25, 0.3) is 0 Å². The lowest BCUT2D eigenvalue weighted by Gasteiger charge is -2.10. The van der Waals surface area contributed by atoms with Gasteiger partial charge in [0.25, 0.3) is 0 Å². The van der Waals surface area contributed by atoms with Gasteiger partial charge in [-0.3, -0.25) is 4.79 Å². The summed E-state index contributed by atoms with van der Waals surface area (Å²) in [4.78, 5) is 10.6. The smallest absolute Gasteiger partial charge is 0.325 e. The normalized spacial score (nSPS) is 12.5. The van der Waals surface area contributed by atoms with Crippen LogP contribution in [0.1, 0.15) is 17.2 Å². The Morgan fingerprint density at radius 1 is 1.57 bits per heavy atom. The molecule has 0 saturated heterocycles.